The number of carbonyl (C=O) groups excluding carboxylic acids is 1. The van der Waals surface area contributed by atoms with E-state index in [2.05, 4.69) is 17.3 Å². The monoisotopic (exact) mass is 275 g/mol. The number of nitrogens with two attached hydrogens (primary N) is 1. The van der Waals surface area contributed by atoms with Crippen molar-refractivity contribution >= 4 is 5.91 Å². The minimum atomic E-state index is -0.135. The molecule has 1 fully saturated rings. The van der Waals surface area contributed by atoms with Crippen LogP contribution in [0.5, 0.6) is 0 Å². The predicted octanol–water partition coefficient (Wildman–Crippen LogP) is 1.01. The number of benzene rings is 1. The highest BCUT2D eigenvalue weighted by Gasteiger charge is 2.23. The van der Waals surface area contributed by atoms with E-state index in [9.17, 15) is 4.79 Å². The molecule has 0 radical (unpaired) electrons. The highest BCUT2D eigenvalue weighted by molar-refractivity contribution is 5.79. The molecule has 4 nitrogen and oxygen atoms in total. The van der Waals surface area contributed by atoms with Crippen LogP contribution < -0.4 is 11.1 Å². The molecule has 4 heteroatoms. The SMILES string of the molecule is CN1CCCC1CNC(=O)C(CN)Cc1ccccc1. The zero-order valence-corrected chi connectivity index (χ0v) is 12.2. The Balaban J connectivity index is 1.82. The van der Waals surface area contributed by atoms with Gasteiger partial charge in [0.25, 0.3) is 0 Å². The van der Waals surface area contributed by atoms with Crippen LogP contribution in [0.25, 0.3) is 0 Å². The Morgan fingerprint density at radius 2 is 2.20 bits per heavy atom. The average molecular weight is 275 g/mol. The van der Waals surface area contributed by atoms with E-state index in [1.807, 2.05) is 30.3 Å². The second-order valence-electron chi connectivity index (χ2n) is 5.64. The zero-order valence-electron chi connectivity index (χ0n) is 12.2. The van der Waals surface area contributed by atoms with Crippen LogP contribution in [0.15, 0.2) is 30.3 Å². The van der Waals surface area contributed by atoms with Gasteiger partial charge in [0.2, 0.25) is 5.91 Å². The molecule has 20 heavy (non-hydrogen) atoms. The molecule has 0 spiro atoms. The van der Waals surface area contributed by atoms with Gasteiger partial charge < -0.3 is 16.0 Å². The summed E-state index contributed by atoms with van der Waals surface area (Å²) in [5.41, 5.74) is 6.92. The minimum absolute atomic E-state index is 0.0802. The second kappa shape index (κ2) is 7.41. The van der Waals surface area contributed by atoms with Crippen molar-refractivity contribution in [2.24, 2.45) is 11.7 Å². The molecule has 110 valence electrons. The Morgan fingerprint density at radius 1 is 1.45 bits per heavy atom. The Bertz CT molecular complexity index is 421. The summed E-state index contributed by atoms with van der Waals surface area (Å²) in [5, 5.41) is 3.07. The molecule has 0 saturated carbocycles. The summed E-state index contributed by atoms with van der Waals surface area (Å²) < 4.78 is 0. The molecule has 1 heterocycles. The zero-order chi connectivity index (χ0) is 14.4. The van der Waals surface area contributed by atoms with Crippen LogP contribution >= 0.6 is 0 Å². The molecule has 2 unspecified atom stereocenters. The number of carbonyl (C=O) groups is 1. The Kier molecular flexibility index (Phi) is 5.56. The summed E-state index contributed by atoms with van der Waals surface area (Å²) in [6, 6.07) is 10.5. The molecule has 1 saturated heterocycles. The van der Waals surface area contributed by atoms with E-state index in [0.29, 0.717) is 19.0 Å². The number of hydrogen-bond acceptors (Lipinski definition) is 3. The van der Waals surface area contributed by atoms with Crippen molar-refractivity contribution in [1.29, 1.82) is 0 Å². The summed E-state index contributed by atoms with van der Waals surface area (Å²) in [6.45, 7) is 2.26. The van der Waals surface area contributed by atoms with Crippen molar-refractivity contribution in [3.8, 4) is 0 Å². The lowest BCUT2D eigenvalue weighted by Crippen LogP contribution is -2.42. The molecular weight excluding hydrogens is 250 g/mol. The lowest BCUT2D eigenvalue weighted by atomic mass is 9.98. The first-order chi connectivity index (χ1) is 9.70. The third-order valence-corrected chi connectivity index (χ3v) is 4.16. The number of likely N-dealkylation sites (tertiary alicyclic amines) is 1. The van der Waals surface area contributed by atoms with Crippen LogP contribution in [0.2, 0.25) is 0 Å². The number of amides is 1. The molecule has 1 aromatic carbocycles. The highest BCUT2D eigenvalue weighted by Crippen LogP contribution is 2.14. The third-order valence-electron chi connectivity index (χ3n) is 4.16. The number of nitrogens with zero attached hydrogens (tertiary/aromatic N) is 1. The maximum absolute atomic E-state index is 12.2. The largest absolute Gasteiger partial charge is 0.354 e. The van der Waals surface area contributed by atoms with Crippen molar-refractivity contribution in [3.05, 3.63) is 35.9 Å². The Labute approximate surface area is 121 Å². The maximum atomic E-state index is 12.2. The van der Waals surface area contributed by atoms with E-state index in [4.69, 9.17) is 5.73 Å². The van der Waals surface area contributed by atoms with Gasteiger partial charge in [-0.2, -0.15) is 0 Å². The molecule has 1 aliphatic rings. The van der Waals surface area contributed by atoms with Crippen LogP contribution in [-0.2, 0) is 11.2 Å². The average Bonchev–Trinajstić information content (AvgIpc) is 2.88. The van der Waals surface area contributed by atoms with Gasteiger partial charge in [-0.25, -0.2) is 0 Å². The number of nitrogens with one attached hydrogen (secondary N) is 1. The molecular formula is C16H25N3O. The van der Waals surface area contributed by atoms with E-state index in [1.54, 1.807) is 0 Å². The fourth-order valence-corrected chi connectivity index (χ4v) is 2.78. The van der Waals surface area contributed by atoms with Gasteiger partial charge >= 0.3 is 0 Å². The van der Waals surface area contributed by atoms with Crippen LogP contribution in [0, 0.1) is 5.92 Å². The van der Waals surface area contributed by atoms with Gasteiger partial charge in [-0.05, 0) is 38.4 Å². The van der Waals surface area contributed by atoms with Crippen molar-refractivity contribution in [1.82, 2.24) is 10.2 Å². The van der Waals surface area contributed by atoms with Gasteiger partial charge in [0, 0.05) is 19.1 Å². The van der Waals surface area contributed by atoms with Crippen molar-refractivity contribution in [2.75, 3.05) is 26.7 Å². The van der Waals surface area contributed by atoms with E-state index >= 15 is 0 Å². The van der Waals surface area contributed by atoms with E-state index in [-0.39, 0.29) is 11.8 Å². The molecule has 1 amide bonds. The van der Waals surface area contributed by atoms with Crippen LogP contribution in [0.1, 0.15) is 18.4 Å². The summed E-state index contributed by atoms with van der Waals surface area (Å²) in [6.07, 6.45) is 3.10. The van der Waals surface area contributed by atoms with Crippen molar-refractivity contribution in [2.45, 2.75) is 25.3 Å². The van der Waals surface area contributed by atoms with Gasteiger partial charge in [0.1, 0.15) is 0 Å². The molecule has 2 rings (SSSR count). The topological polar surface area (TPSA) is 58.4 Å². The lowest BCUT2D eigenvalue weighted by molar-refractivity contribution is -0.124. The lowest BCUT2D eigenvalue weighted by Gasteiger charge is -2.21. The molecule has 0 aliphatic carbocycles. The molecule has 1 aromatic rings. The van der Waals surface area contributed by atoms with Crippen LogP contribution in [-0.4, -0.2) is 43.5 Å². The molecule has 0 aromatic heterocycles. The molecule has 1 aliphatic heterocycles. The first kappa shape index (κ1) is 15.0. The van der Waals surface area contributed by atoms with E-state index in [1.165, 1.54) is 12.8 Å². The number of rotatable bonds is 6. The maximum Gasteiger partial charge on any atom is 0.224 e. The molecule has 2 atom stereocenters. The first-order valence-corrected chi connectivity index (χ1v) is 7.42. The summed E-state index contributed by atoms with van der Waals surface area (Å²) in [5.74, 6) is -0.0548. The Hall–Kier alpha value is -1.39. The fourth-order valence-electron chi connectivity index (χ4n) is 2.78. The first-order valence-electron chi connectivity index (χ1n) is 7.42. The fraction of sp³-hybridized carbons (Fsp3) is 0.562. The van der Waals surface area contributed by atoms with Gasteiger partial charge in [-0.15, -0.1) is 0 Å². The van der Waals surface area contributed by atoms with Crippen molar-refractivity contribution in [3.63, 3.8) is 0 Å². The van der Waals surface area contributed by atoms with Crippen LogP contribution in [0.3, 0.4) is 0 Å². The minimum Gasteiger partial charge on any atom is -0.354 e. The van der Waals surface area contributed by atoms with Crippen LogP contribution in [0.4, 0.5) is 0 Å². The summed E-state index contributed by atoms with van der Waals surface area (Å²) in [7, 11) is 2.12. The van der Waals surface area contributed by atoms with Gasteiger partial charge in [-0.1, -0.05) is 30.3 Å². The van der Waals surface area contributed by atoms with E-state index in [0.717, 1.165) is 18.7 Å². The molecule has 0 bridgehead atoms. The van der Waals surface area contributed by atoms with Gasteiger partial charge in [0.15, 0.2) is 0 Å². The summed E-state index contributed by atoms with van der Waals surface area (Å²) >= 11 is 0. The quantitative estimate of drug-likeness (QED) is 0.815. The normalized spacial score (nSPS) is 20.8. The third kappa shape index (κ3) is 4.05. The second-order valence-corrected chi connectivity index (χ2v) is 5.64. The van der Waals surface area contributed by atoms with E-state index < -0.39 is 0 Å². The number of hydrogen-bond donors (Lipinski definition) is 2. The van der Waals surface area contributed by atoms with Gasteiger partial charge in [-0.3, -0.25) is 4.79 Å². The predicted molar refractivity (Wildman–Crippen MR) is 81.4 cm³/mol. The van der Waals surface area contributed by atoms with Gasteiger partial charge in [0.05, 0.1) is 5.92 Å². The number of likely N-dealkylation sites (N-methyl/N-ethyl adjacent to an activating group) is 1. The standard InChI is InChI=1S/C16H25N3O/c1-19-9-5-8-15(19)12-18-16(20)14(11-17)10-13-6-3-2-4-7-13/h2-4,6-7,14-15H,5,8-12,17H2,1H3,(H,18,20). The molecule has 3 N–H and O–H groups in total. The Morgan fingerprint density at radius 3 is 2.80 bits per heavy atom. The highest BCUT2D eigenvalue weighted by atomic mass is 16.1. The smallest absolute Gasteiger partial charge is 0.224 e. The summed E-state index contributed by atoms with van der Waals surface area (Å²) in [4.78, 5) is 14.5. The van der Waals surface area contributed by atoms with Crippen molar-refractivity contribution < 1.29 is 4.79 Å².